The number of thiazole rings is 1. The van der Waals surface area contributed by atoms with Crippen molar-refractivity contribution in [2.45, 2.75) is 23.8 Å². The first-order valence-electron chi connectivity index (χ1n) is 6.77. The molecule has 1 amide bonds. The molecule has 4 nitrogen and oxygen atoms in total. The van der Waals surface area contributed by atoms with Crippen molar-refractivity contribution in [2.24, 2.45) is 0 Å². The van der Waals surface area contributed by atoms with E-state index >= 15 is 0 Å². The number of hydrogen-bond acceptors (Lipinski definition) is 5. The van der Waals surface area contributed by atoms with Gasteiger partial charge in [-0.2, -0.15) is 0 Å². The van der Waals surface area contributed by atoms with Crippen molar-refractivity contribution in [1.82, 2.24) is 10.3 Å². The number of thioether (sulfide) groups is 1. The Bertz CT molecular complexity index is 617. The monoisotopic (exact) mass is 320 g/mol. The maximum Gasteiger partial charge on any atom is 0.230 e. The van der Waals surface area contributed by atoms with Gasteiger partial charge in [0, 0.05) is 17.5 Å². The lowest BCUT2D eigenvalue weighted by Gasteiger charge is -2.11. The van der Waals surface area contributed by atoms with E-state index in [-0.39, 0.29) is 12.0 Å². The van der Waals surface area contributed by atoms with Crippen LogP contribution in [0.15, 0.2) is 34.0 Å². The van der Waals surface area contributed by atoms with Crippen LogP contribution in [0, 0.1) is 6.92 Å². The molecule has 3 rings (SSSR count). The highest BCUT2D eigenvalue weighted by Gasteiger charge is 2.22. The molecule has 0 spiro atoms. The molecule has 1 aliphatic rings. The van der Waals surface area contributed by atoms with Gasteiger partial charge in [0.1, 0.15) is 11.9 Å². The number of hydrogen-bond donors (Lipinski definition) is 1. The highest BCUT2D eigenvalue weighted by molar-refractivity contribution is 8.01. The van der Waals surface area contributed by atoms with E-state index in [1.54, 1.807) is 11.3 Å². The second-order valence-corrected chi connectivity index (χ2v) is 6.98. The second kappa shape index (κ2) is 6.49. The van der Waals surface area contributed by atoms with Crippen molar-refractivity contribution in [2.75, 3.05) is 12.3 Å². The third-order valence-electron chi connectivity index (χ3n) is 3.17. The van der Waals surface area contributed by atoms with Gasteiger partial charge in [0.2, 0.25) is 5.91 Å². The fourth-order valence-corrected chi connectivity index (χ4v) is 3.85. The van der Waals surface area contributed by atoms with Crippen LogP contribution < -0.4 is 10.1 Å². The second-order valence-electron chi connectivity index (χ2n) is 4.90. The molecule has 1 aliphatic heterocycles. The summed E-state index contributed by atoms with van der Waals surface area (Å²) in [5.41, 5.74) is 2.21. The summed E-state index contributed by atoms with van der Waals surface area (Å²) in [5, 5.41) is 4.92. The van der Waals surface area contributed by atoms with E-state index in [0.29, 0.717) is 12.3 Å². The molecule has 0 saturated carbocycles. The topological polar surface area (TPSA) is 51.2 Å². The van der Waals surface area contributed by atoms with Gasteiger partial charge < -0.3 is 10.1 Å². The summed E-state index contributed by atoms with van der Waals surface area (Å²) in [4.78, 5) is 16.2. The molecule has 1 unspecified atom stereocenters. The highest BCUT2D eigenvalue weighted by atomic mass is 32.2. The van der Waals surface area contributed by atoms with Gasteiger partial charge in [-0.3, -0.25) is 4.79 Å². The molecule has 21 heavy (non-hydrogen) atoms. The van der Waals surface area contributed by atoms with Crippen molar-refractivity contribution in [3.05, 3.63) is 40.9 Å². The molecular weight excluding hydrogens is 304 g/mol. The molecule has 0 radical (unpaired) electrons. The minimum atomic E-state index is 0.0207. The number of carbonyl (C=O) groups excluding carboxylic acids is 1. The number of rotatable bonds is 5. The fourth-order valence-electron chi connectivity index (χ4n) is 2.17. The average molecular weight is 320 g/mol. The highest BCUT2D eigenvalue weighted by Crippen LogP contribution is 2.27. The molecule has 2 heterocycles. The number of nitrogens with zero attached hydrogens (tertiary/aromatic N) is 1. The first kappa shape index (κ1) is 14.4. The Balaban J connectivity index is 1.41. The summed E-state index contributed by atoms with van der Waals surface area (Å²) in [6.45, 7) is 2.50. The van der Waals surface area contributed by atoms with Gasteiger partial charge >= 0.3 is 0 Å². The first-order chi connectivity index (χ1) is 10.2. The number of fused-ring (bicyclic) bond motifs is 1. The van der Waals surface area contributed by atoms with Gasteiger partial charge in [-0.15, -0.1) is 11.3 Å². The van der Waals surface area contributed by atoms with E-state index in [9.17, 15) is 4.79 Å². The van der Waals surface area contributed by atoms with Crippen LogP contribution in [-0.4, -0.2) is 29.3 Å². The third-order valence-corrected chi connectivity index (χ3v) is 5.30. The third kappa shape index (κ3) is 3.77. The van der Waals surface area contributed by atoms with Gasteiger partial charge in [-0.25, -0.2) is 4.98 Å². The van der Waals surface area contributed by atoms with Gasteiger partial charge in [-0.05, 0) is 18.6 Å². The van der Waals surface area contributed by atoms with E-state index in [1.165, 1.54) is 17.3 Å². The Morgan fingerprint density at radius 3 is 3.14 bits per heavy atom. The number of carbonyl (C=O) groups is 1. The summed E-state index contributed by atoms with van der Waals surface area (Å²) in [6.07, 6.45) is 0.897. The molecule has 110 valence electrons. The molecule has 1 aromatic carbocycles. The number of aryl methyl sites for hydroxylation is 1. The Labute approximate surface area is 131 Å². The SMILES string of the molecule is Cc1csc(SCC(=O)NCC2Cc3ccccc3O2)n1. The van der Waals surface area contributed by atoms with E-state index in [0.717, 1.165) is 22.2 Å². The Morgan fingerprint density at radius 1 is 1.52 bits per heavy atom. The Kier molecular flexibility index (Phi) is 4.45. The molecule has 0 aliphatic carbocycles. The predicted molar refractivity (Wildman–Crippen MR) is 85.1 cm³/mol. The molecule has 0 fully saturated rings. The average Bonchev–Trinajstić information content (AvgIpc) is 3.08. The number of amides is 1. The van der Waals surface area contributed by atoms with Crippen LogP contribution in [0.2, 0.25) is 0 Å². The lowest BCUT2D eigenvalue weighted by Crippen LogP contribution is -2.35. The lowest BCUT2D eigenvalue weighted by molar-refractivity contribution is -0.118. The number of ether oxygens (including phenoxy) is 1. The summed E-state index contributed by atoms with van der Waals surface area (Å²) in [5.74, 6) is 1.35. The van der Waals surface area contributed by atoms with Crippen molar-refractivity contribution < 1.29 is 9.53 Å². The van der Waals surface area contributed by atoms with Gasteiger partial charge in [0.25, 0.3) is 0 Å². The molecule has 1 aromatic heterocycles. The zero-order valence-electron chi connectivity index (χ0n) is 11.7. The zero-order valence-corrected chi connectivity index (χ0v) is 13.3. The van der Waals surface area contributed by atoms with Crippen LogP contribution in [-0.2, 0) is 11.2 Å². The normalized spacial score (nSPS) is 16.3. The molecule has 1 N–H and O–H groups in total. The van der Waals surface area contributed by atoms with Crippen LogP contribution in [0.25, 0.3) is 0 Å². The fraction of sp³-hybridized carbons (Fsp3) is 0.333. The molecule has 0 bridgehead atoms. The van der Waals surface area contributed by atoms with Gasteiger partial charge in [0.05, 0.1) is 12.3 Å². The quantitative estimate of drug-likeness (QED) is 0.861. The Hall–Kier alpha value is -1.53. The summed E-state index contributed by atoms with van der Waals surface area (Å²) in [7, 11) is 0. The lowest BCUT2D eigenvalue weighted by atomic mass is 10.1. The van der Waals surface area contributed by atoms with E-state index in [1.807, 2.05) is 30.5 Å². The van der Waals surface area contributed by atoms with Crippen LogP contribution in [0.3, 0.4) is 0 Å². The summed E-state index contributed by atoms with van der Waals surface area (Å²) >= 11 is 3.05. The van der Waals surface area contributed by atoms with Gasteiger partial charge in [-0.1, -0.05) is 30.0 Å². The maximum atomic E-state index is 11.8. The van der Waals surface area contributed by atoms with Crippen LogP contribution >= 0.6 is 23.1 Å². The molecule has 1 atom stereocenters. The van der Waals surface area contributed by atoms with E-state index in [2.05, 4.69) is 16.4 Å². The number of para-hydroxylation sites is 1. The summed E-state index contributed by atoms with van der Waals surface area (Å²) < 4.78 is 6.73. The van der Waals surface area contributed by atoms with Crippen LogP contribution in [0.5, 0.6) is 5.75 Å². The zero-order chi connectivity index (χ0) is 14.7. The molecule has 2 aromatic rings. The standard InChI is InChI=1S/C15H16N2O2S2/c1-10-8-20-15(17-10)21-9-14(18)16-7-12-6-11-4-2-3-5-13(11)19-12/h2-5,8,12H,6-7,9H2,1H3,(H,16,18). The molecule has 0 saturated heterocycles. The number of aromatic nitrogens is 1. The minimum absolute atomic E-state index is 0.0207. The largest absolute Gasteiger partial charge is 0.488 e. The Morgan fingerprint density at radius 2 is 2.38 bits per heavy atom. The molecule has 6 heteroatoms. The van der Waals surface area contributed by atoms with E-state index < -0.39 is 0 Å². The van der Waals surface area contributed by atoms with Crippen molar-refractivity contribution in [3.63, 3.8) is 0 Å². The first-order valence-corrected chi connectivity index (χ1v) is 8.63. The molecular formula is C15H16N2O2S2. The van der Waals surface area contributed by atoms with E-state index in [4.69, 9.17) is 4.74 Å². The van der Waals surface area contributed by atoms with Crippen LogP contribution in [0.4, 0.5) is 0 Å². The number of nitrogens with one attached hydrogen (secondary N) is 1. The maximum absolute atomic E-state index is 11.8. The minimum Gasteiger partial charge on any atom is -0.488 e. The smallest absolute Gasteiger partial charge is 0.230 e. The van der Waals surface area contributed by atoms with Crippen molar-refractivity contribution in [3.8, 4) is 5.75 Å². The summed E-state index contributed by atoms with van der Waals surface area (Å²) in [6, 6.07) is 8.01. The van der Waals surface area contributed by atoms with Crippen LogP contribution in [0.1, 0.15) is 11.3 Å². The predicted octanol–water partition coefficient (Wildman–Crippen LogP) is 2.66. The van der Waals surface area contributed by atoms with Crippen molar-refractivity contribution in [1.29, 1.82) is 0 Å². The van der Waals surface area contributed by atoms with Gasteiger partial charge in [0.15, 0.2) is 4.34 Å². The van der Waals surface area contributed by atoms with Crippen molar-refractivity contribution >= 4 is 29.0 Å². The number of benzene rings is 1.